The Morgan fingerprint density at radius 3 is 1.80 bits per heavy atom. The zero-order chi connectivity index (χ0) is 7.91. The summed E-state index contributed by atoms with van der Waals surface area (Å²) in [5.74, 6) is 0. The standard InChI is InChI=1S/C3H2F3N.Li.HNS.H/c4-3(5,6)1-2-7;;1-2;/h1H2;;1H;/q;+1;;-1. The van der Waals surface area contributed by atoms with Gasteiger partial charge in [0.05, 0.1) is 6.07 Å². The van der Waals surface area contributed by atoms with Crippen molar-refractivity contribution in [1.29, 1.82) is 10.0 Å². The fraction of sp³-hybridized carbons (Fsp3) is 0.667. The fourth-order valence-corrected chi connectivity index (χ4v) is 0.0896. The van der Waals surface area contributed by atoms with E-state index >= 15 is 0 Å². The van der Waals surface area contributed by atoms with Crippen LogP contribution in [0.3, 0.4) is 0 Å². The third-order valence-electron chi connectivity index (χ3n) is 0.280. The van der Waals surface area contributed by atoms with E-state index in [-0.39, 0.29) is 20.3 Å². The zero-order valence-corrected chi connectivity index (χ0v) is 6.01. The largest absolute Gasteiger partial charge is 1.00 e. The smallest absolute Gasteiger partial charge is 1.00 e. The molecule has 10 heavy (non-hydrogen) atoms. The van der Waals surface area contributed by atoms with E-state index in [1.807, 2.05) is 0 Å². The molecular weight excluding hydrogens is 160 g/mol. The zero-order valence-electron chi connectivity index (χ0n) is 6.20. The van der Waals surface area contributed by atoms with E-state index in [9.17, 15) is 13.2 Å². The number of alkyl halides is 3. The van der Waals surface area contributed by atoms with Crippen LogP contribution in [-0.4, -0.2) is 6.18 Å². The Kier molecular flexibility index (Phi) is 14.7. The van der Waals surface area contributed by atoms with Crippen LogP contribution in [0, 0.1) is 16.1 Å². The first kappa shape index (κ1) is 16.5. The van der Waals surface area contributed by atoms with Gasteiger partial charge in [-0.05, 0) is 0 Å². The second-order valence-electron chi connectivity index (χ2n) is 0.950. The van der Waals surface area contributed by atoms with Crippen LogP contribution in [0.4, 0.5) is 13.2 Å². The molecule has 0 saturated carbocycles. The molecule has 0 bridgehead atoms. The van der Waals surface area contributed by atoms with Gasteiger partial charge in [-0.2, -0.15) is 18.4 Å². The van der Waals surface area contributed by atoms with Crippen LogP contribution in [0.2, 0.25) is 0 Å². The molecule has 2 nitrogen and oxygen atoms in total. The van der Waals surface area contributed by atoms with E-state index in [2.05, 4.69) is 12.4 Å². The first-order chi connectivity index (χ1) is 4.06. The number of nitriles is 1. The van der Waals surface area contributed by atoms with E-state index in [1.54, 1.807) is 0 Å². The number of nitrogens with one attached hydrogen (secondary N) is 1. The summed E-state index contributed by atoms with van der Waals surface area (Å²) in [5, 5.41) is 7.43. The third kappa shape index (κ3) is 24.7. The summed E-state index contributed by atoms with van der Waals surface area (Å²) in [6.07, 6.45) is -5.66. The summed E-state index contributed by atoms with van der Waals surface area (Å²) in [6, 6.07) is 0.983. The third-order valence-corrected chi connectivity index (χ3v) is 0.280. The van der Waals surface area contributed by atoms with Gasteiger partial charge in [0.15, 0.2) is 0 Å². The molecule has 54 valence electrons. The monoisotopic (exact) mass is 164 g/mol. The maximum atomic E-state index is 10.8. The SMILES string of the molecule is N#CCC(F)(F)F.N=S.[H-].[Li+]. The Hall–Kier alpha value is -0.103. The van der Waals surface area contributed by atoms with Gasteiger partial charge in [0, 0.05) is 12.4 Å². The van der Waals surface area contributed by atoms with Crippen LogP contribution < -0.4 is 18.9 Å². The molecule has 0 aromatic rings. The van der Waals surface area contributed by atoms with Crippen molar-refractivity contribution in [1.82, 2.24) is 0 Å². The van der Waals surface area contributed by atoms with Crippen molar-refractivity contribution < 1.29 is 33.5 Å². The van der Waals surface area contributed by atoms with Crippen molar-refractivity contribution in [2.75, 3.05) is 0 Å². The molecule has 0 spiro atoms. The van der Waals surface area contributed by atoms with Crippen molar-refractivity contribution >= 4 is 12.4 Å². The van der Waals surface area contributed by atoms with Gasteiger partial charge in [-0.15, -0.1) is 0 Å². The van der Waals surface area contributed by atoms with Crippen LogP contribution in [0.5, 0.6) is 0 Å². The summed E-state index contributed by atoms with van der Waals surface area (Å²) < 4.78 is 37.8. The molecule has 0 saturated heterocycles. The molecule has 0 aromatic carbocycles. The van der Waals surface area contributed by atoms with Crippen LogP contribution in [0.25, 0.3) is 0 Å². The summed E-state index contributed by atoms with van der Waals surface area (Å²) in [5.41, 5.74) is 0. The molecular formula is C3H4F3LiN2S. The Balaban J connectivity index is -0.0000000564. The molecule has 0 aliphatic carbocycles. The maximum absolute atomic E-state index is 10.8. The molecule has 1 N–H and O–H groups in total. The molecule has 0 aliphatic rings. The number of halogens is 3. The van der Waals surface area contributed by atoms with Gasteiger partial charge in [-0.25, -0.2) is 4.78 Å². The normalized spacial score (nSPS) is 7.80. The van der Waals surface area contributed by atoms with Crippen LogP contribution in [-0.2, 0) is 12.4 Å². The minimum atomic E-state index is -4.31. The van der Waals surface area contributed by atoms with Crippen LogP contribution in [0.1, 0.15) is 7.85 Å². The average molecular weight is 164 g/mol. The summed E-state index contributed by atoms with van der Waals surface area (Å²) in [6.45, 7) is 0. The van der Waals surface area contributed by atoms with E-state index in [4.69, 9.17) is 10.0 Å². The van der Waals surface area contributed by atoms with Gasteiger partial charge in [0.2, 0.25) is 0 Å². The van der Waals surface area contributed by atoms with E-state index in [0.717, 1.165) is 6.07 Å². The van der Waals surface area contributed by atoms with Crippen molar-refractivity contribution in [2.45, 2.75) is 12.6 Å². The predicted molar refractivity (Wildman–Crippen MR) is 27.5 cm³/mol. The quantitative estimate of drug-likeness (QED) is 0.461. The van der Waals surface area contributed by atoms with Gasteiger partial charge in [0.25, 0.3) is 0 Å². The van der Waals surface area contributed by atoms with Crippen LogP contribution >= 0.6 is 0 Å². The first-order valence-electron chi connectivity index (χ1n) is 1.70. The second-order valence-corrected chi connectivity index (χ2v) is 0.950. The minimum Gasteiger partial charge on any atom is -1.00 e. The Bertz CT molecular complexity index is 114. The second kappa shape index (κ2) is 8.90. The molecule has 0 aromatic heterocycles. The molecule has 0 radical (unpaired) electrons. The Morgan fingerprint density at radius 1 is 1.50 bits per heavy atom. The number of rotatable bonds is 0. The van der Waals surface area contributed by atoms with Crippen molar-refractivity contribution in [3.8, 4) is 6.07 Å². The summed E-state index contributed by atoms with van der Waals surface area (Å²) in [7, 11) is 0. The number of nitrogens with zero attached hydrogens (tertiary/aromatic N) is 1. The predicted octanol–water partition coefficient (Wildman–Crippen LogP) is -1.13. The Labute approximate surface area is 75.0 Å². The van der Waals surface area contributed by atoms with Gasteiger partial charge < -0.3 is 1.43 Å². The maximum Gasteiger partial charge on any atom is 1.00 e. The van der Waals surface area contributed by atoms with Gasteiger partial charge in [0.1, 0.15) is 6.42 Å². The molecule has 0 fully saturated rings. The molecule has 0 atom stereocenters. The van der Waals surface area contributed by atoms with Crippen molar-refractivity contribution in [3.63, 3.8) is 0 Å². The van der Waals surface area contributed by atoms with Gasteiger partial charge >= 0.3 is 25.0 Å². The summed E-state index contributed by atoms with van der Waals surface area (Å²) in [4.78, 5) is 0. The van der Waals surface area contributed by atoms with Crippen LogP contribution in [0.15, 0.2) is 0 Å². The molecule has 0 rings (SSSR count). The number of hydrogen-bond donors (Lipinski definition) is 1. The molecule has 0 amide bonds. The topological polar surface area (TPSA) is 47.6 Å². The minimum absolute atomic E-state index is 0. The first-order valence-corrected chi connectivity index (χ1v) is 2.11. The molecule has 7 heteroatoms. The molecule has 0 unspecified atom stereocenters. The summed E-state index contributed by atoms with van der Waals surface area (Å²) >= 11 is 3.33. The van der Waals surface area contributed by atoms with Crippen molar-refractivity contribution in [2.24, 2.45) is 0 Å². The molecule has 0 heterocycles. The molecule has 0 aliphatic heterocycles. The van der Waals surface area contributed by atoms with Gasteiger partial charge in [-0.1, -0.05) is 0 Å². The van der Waals surface area contributed by atoms with Crippen molar-refractivity contribution in [3.05, 3.63) is 0 Å². The average Bonchev–Trinajstić information content (AvgIpc) is 1.69. The van der Waals surface area contributed by atoms with E-state index in [1.165, 1.54) is 0 Å². The Morgan fingerprint density at radius 2 is 1.80 bits per heavy atom. The fourth-order valence-electron chi connectivity index (χ4n) is 0.0896. The van der Waals surface area contributed by atoms with E-state index in [0.29, 0.717) is 0 Å². The van der Waals surface area contributed by atoms with E-state index < -0.39 is 12.6 Å². The number of hydrogen-bond acceptors (Lipinski definition) is 3. The van der Waals surface area contributed by atoms with Gasteiger partial charge in [-0.3, -0.25) is 0 Å².